The van der Waals surface area contributed by atoms with Crippen molar-refractivity contribution in [2.75, 3.05) is 6.54 Å². The van der Waals surface area contributed by atoms with E-state index in [4.69, 9.17) is 0 Å². The summed E-state index contributed by atoms with van der Waals surface area (Å²) >= 11 is 3.71. The molecule has 2 aromatic rings. The molecule has 0 saturated heterocycles. The van der Waals surface area contributed by atoms with Crippen molar-refractivity contribution in [2.45, 2.75) is 32.7 Å². The molecule has 2 rings (SSSR count). The molecule has 0 spiro atoms. The molecule has 0 saturated carbocycles. The van der Waals surface area contributed by atoms with E-state index in [2.05, 4.69) is 48.5 Å². The third-order valence-electron chi connectivity index (χ3n) is 3.53. The van der Waals surface area contributed by atoms with E-state index in [9.17, 15) is 0 Å². The van der Waals surface area contributed by atoms with E-state index in [1.54, 1.807) is 0 Å². The van der Waals surface area contributed by atoms with Crippen LogP contribution in [0.25, 0.3) is 9.75 Å². The fourth-order valence-electron chi connectivity index (χ4n) is 2.27. The summed E-state index contributed by atoms with van der Waals surface area (Å²) in [5.74, 6) is 0.782. The molecule has 0 fully saturated rings. The summed E-state index contributed by atoms with van der Waals surface area (Å²) in [5.41, 5.74) is 0. The van der Waals surface area contributed by atoms with Crippen LogP contribution in [0, 0.1) is 5.92 Å². The van der Waals surface area contributed by atoms with Crippen LogP contribution in [0.3, 0.4) is 0 Å². The zero-order chi connectivity index (χ0) is 14.2. The smallest absolute Gasteiger partial charge is 0.0445 e. The van der Waals surface area contributed by atoms with Crippen molar-refractivity contribution in [3.63, 3.8) is 0 Å². The molecule has 0 radical (unpaired) electrons. The lowest BCUT2D eigenvalue weighted by Crippen LogP contribution is -2.16. The lowest BCUT2D eigenvalue weighted by molar-refractivity contribution is 0.456. The Morgan fingerprint density at radius 1 is 1.30 bits per heavy atom. The molecule has 0 aliphatic heterocycles. The van der Waals surface area contributed by atoms with Gasteiger partial charge in [-0.2, -0.15) is 0 Å². The van der Waals surface area contributed by atoms with Crippen LogP contribution < -0.4 is 5.32 Å². The van der Waals surface area contributed by atoms with Gasteiger partial charge in [0.15, 0.2) is 0 Å². The first kappa shape index (κ1) is 15.5. The van der Waals surface area contributed by atoms with Gasteiger partial charge in [-0.3, -0.25) is 0 Å². The number of hydrogen-bond acceptors (Lipinski definition) is 3. The van der Waals surface area contributed by atoms with Crippen molar-refractivity contribution in [3.8, 4) is 9.75 Å². The Labute approximate surface area is 130 Å². The molecule has 2 aromatic heterocycles. The van der Waals surface area contributed by atoms with E-state index in [-0.39, 0.29) is 0 Å². The van der Waals surface area contributed by atoms with Gasteiger partial charge >= 0.3 is 0 Å². The Morgan fingerprint density at radius 2 is 2.20 bits per heavy atom. The summed E-state index contributed by atoms with van der Waals surface area (Å²) in [6.07, 6.45) is 5.67. The second-order valence-corrected chi connectivity index (χ2v) is 7.12. The van der Waals surface area contributed by atoms with Gasteiger partial charge in [-0.1, -0.05) is 25.5 Å². The highest BCUT2D eigenvalue weighted by Gasteiger charge is 2.05. The van der Waals surface area contributed by atoms with Crippen molar-refractivity contribution in [1.29, 1.82) is 0 Å². The number of allylic oxidation sites excluding steroid dienone is 1. The quantitative estimate of drug-likeness (QED) is 0.472. The van der Waals surface area contributed by atoms with E-state index < -0.39 is 0 Å². The van der Waals surface area contributed by atoms with E-state index >= 15 is 0 Å². The van der Waals surface area contributed by atoms with Gasteiger partial charge in [-0.05, 0) is 48.9 Å². The zero-order valence-electron chi connectivity index (χ0n) is 12.1. The van der Waals surface area contributed by atoms with Gasteiger partial charge in [0, 0.05) is 21.2 Å². The maximum Gasteiger partial charge on any atom is 0.0445 e. The molecular formula is C17H23NS2. The topological polar surface area (TPSA) is 12.0 Å². The normalized spacial score (nSPS) is 12.4. The zero-order valence-corrected chi connectivity index (χ0v) is 13.7. The van der Waals surface area contributed by atoms with Gasteiger partial charge in [0.2, 0.25) is 0 Å². The van der Waals surface area contributed by atoms with Gasteiger partial charge < -0.3 is 5.32 Å². The Hall–Kier alpha value is -0.900. The Morgan fingerprint density at radius 3 is 2.90 bits per heavy atom. The van der Waals surface area contributed by atoms with Crippen molar-refractivity contribution in [2.24, 2.45) is 5.92 Å². The highest BCUT2D eigenvalue weighted by Crippen LogP contribution is 2.31. The van der Waals surface area contributed by atoms with Crippen LogP contribution in [-0.4, -0.2) is 6.54 Å². The van der Waals surface area contributed by atoms with Crippen LogP contribution in [0.15, 0.2) is 42.3 Å². The minimum Gasteiger partial charge on any atom is -0.312 e. The fourth-order valence-corrected chi connectivity index (χ4v) is 4.08. The maximum atomic E-state index is 3.83. The van der Waals surface area contributed by atoms with E-state index in [0.29, 0.717) is 0 Å². The molecule has 2 heterocycles. The van der Waals surface area contributed by atoms with Gasteiger partial charge in [0.1, 0.15) is 0 Å². The minimum atomic E-state index is 0.782. The van der Waals surface area contributed by atoms with Crippen LogP contribution in [0.5, 0.6) is 0 Å². The highest BCUT2D eigenvalue weighted by atomic mass is 32.1. The molecule has 1 unspecified atom stereocenters. The van der Waals surface area contributed by atoms with Crippen LogP contribution >= 0.6 is 22.7 Å². The molecule has 0 amide bonds. The first-order chi connectivity index (χ1) is 9.83. The molecule has 20 heavy (non-hydrogen) atoms. The molecule has 0 bridgehead atoms. The van der Waals surface area contributed by atoms with Crippen LogP contribution in [-0.2, 0) is 6.54 Å². The van der Waals surface area contributed by atoms with Gasteiger partial charge in [0.25, 0.3) is 0 Å². The Kier molecular flexibility index (Phi) is 6.51. The van der Waals surface area contributed by atoms with Crippen molar-refractivity contribution >= 4 is 22.7 Å². The summed E-state index contributed by atoms with van der Waals surface area (Å²) < 4.78 is 0. The average Bonchev–Trinajstić information content (AvgIpc) is 3.12. The maximum absolute atomic E-state index is 3.83. The van der Waals surface area contributed by atoms with Gasteiger partial charge in [0.05, 0.1) is 0 Å². The number of rotatable bonds is 9. The highest BCUT2D eigenvalue weighted by molar-refractivity contribution is 7.21. The third-order valence-corrected chi connectivity index (χ3v) is 5.68. The Bertz CT molecular complexity index is 499. The molecule has 108 valence electrons. The van der Waals surface area contributed by atoms with Crippen molar-refractivity contribution in [1.82, 2.24) is 5.32 Å². The average molecular weight is 306 g/mol. The summed E-state index contributed by atoms with van der Waals surface area (Å²) in [4.78, 5) is 4.18. The van der Waals surface area contributed by atoms with Crippen LogP contribution in [0.4, 0.5) is 0 Å². The molecule has 0 aliphatic rings. The summed E-state index contributed by atoms with van der Waals surface area (Å²) in [6, 6.07) is 8.78. The van der Waals surface area contributed by atoms with Crippen molar-refractivity contribution in [3.05, 3.63) is 47.2 Å². The predicted octanol–water partition coefficient (Wildman–Crippen LogP) is 5.56. The lowest BCUT2D eigenvalue weighted by Gasteiger charge is -2.12. The number of hydrogen-bond donors (Lipinski definition) is 1. The largest absolute Gasteiger partial charge is 0.312 e. The standard InChI is InChI=1S/C17H23NS2/c1-3-6-14(4-2)10-11-18-13-15-8-9-17(20-15)16-7-5-12-19-16/h3,5,7-9,12,14,18H,1,4,6,10-11,13H2,2H3. The molecule has 0 aromatic carbocycles. The molecule has 1 atom stereocenters. The summed E-state index contributed by atoms with van der Waals surface area (Å²) in [5, 5.41) is 5.70. The van der Waals surface area contributed by atoms with Gasteiger partial charge in [-0.25, -0.2) is 0 Å². The third kappa shape index (κ3) is 4.58. The molecule has 1 N–H and O–H groups in total. The second-order valence-electron chi connectivity index (χ2n) is 5.01. The van der Waals surface area contributed by atoms with Crippen LogP contribution in [0.1, 0.15) is 31.1 Å². The monoisotopic (exact) mass is 305 g/mol. The fraction of sp³-hybridized carbons (Fsp3) is 0.412. The molecule has 3 heteroatoms. The van der Waals surface area contributed by atoms with E-state index in [1.807, 2.05) is 28.7 Å². The minimum absolute atomic E-state index is 0.782. The molecule has 1 nitrogen and oxygen atoms in total. The first-order valence-corrected chi connectivity index (χ1v) is 8.97. The SMILES string of the molecule is C=CCC(CC)CCNCc1ccc(-c2cccs2)s1. The molecule has 0 aliphatic carbocycles. The number of thiophene rings is 2. The van der Waals surface area contributed by atoms with E-state index in [0.717, 1.165) is 25.4 Å². The second kappa shape index (κ2) is 8.40. The molecular weight excluding hydrogens is 282 g/mol. The first-order valence-electron chi connectivity index (χ1n) is 7.27. The Balaban J connectivity index is 1.73. The predicted molar refractivity (Wildman–Crippen MR) is 92.6 cm³/mol. The van der Waals surface area contributed by atoms with Crippen molar-refractivity contribution < 1.29 is 0 Å². The summed E-state index contributed by atoms with van der Waals surface area (Å²) in [6.45, 7) is 8.18. The van der Waals surface area contributed by atoms with Gasteiger partial charge in [-0.15, -0.1) is 29.3 Å². The van der Waals surface area contributed by atoms with E-state index in [1.165, 1.54) is 27.5 Å². The summed E-state index contributed by atoms with van der Waals surface area (Å²) in [7, 11) is 0. The lowest BCUT2D eigenvalue weighted by atomic mass is 9.99. The van der Waals surface area contributed by atoms with Crippen LogP contribution in [0.2, 0.25) is 0 Å². The number of nitrogens with one attached hydrogen (secondary N) is 1.